The minimum absolute atomic E-state index is 0.215. The Hall–Kier alpha value is -1.26. The van der Waals surface area contributed by atoms with E-state index in [1.165, 1.54) is 0 Å². The molecule has 0 aliphatic carbocycles. The highest BCUT2D eigenvalue weighted by Crippen LogP contribution is 2.34. The summed E-state index contributed by atoms with van der Waals surface area (Å²) >= 11 is 0. The Morgan fingerprint density at radius 2 is 2.05 bits per heavy atom. The van der Waals surface area contributed by atoms with Gasteiger partial charge in [-0.3, -0.25) is 0 Å². The number of carbonyl (C=O) groups excluding carboxylic acids is 1. The quantitative estimate of drug-likeness (QED) is 0.676. The lowest BCUT2D eigenvalue weighted by Gasteiger charge is -2.34. The molecule has 1 aliphatic heterocycles. The van der Waals surface area contributed by atoms with E-state index < -0.39 is 11.5 Å². The lowest BCUT2D eigenvalue weighted by atomic mass is 9.91. The highest BCUT2D eigenvalue weighted by molar-refractivity contribution is 5.87. The van der Waals surface area contributed by atoms with Gasteiger partial charge in [-0.15, -0.1) is 0 Å². The summed E-state index contributed by atoms with van der Waals surface area (Å²) in [6.45, 7) is 7.52. The lowest BCUT2D eigenvalue weighted by molar-refractivity contribution is -0.148. The van der Waals surface area contributed by atoms with E-state index in [9.17, 15) is 14.7 Å². The highest BCUT2D eigenvalue weighted by atomic mass is 16.4. The number of unbranched alkanes of at least 4 members (excludes halogenated alkanes) is 1. The molecular weight excluding hydrogens is 268 g/mol. The molecule has 1 atom stereocenters. The van der Waals surface area contributed by atoms with Crippen LogP contribution in [-0.2, 0) is 4.79 Å². The van der Waals surface area contributed by atoms with Crippen LogP contribution in [0.5, 0.6) is 0 Å². The summed E-state index contributed by atoms with van der Waals surface area (Å²) in [5.74, 6) is -0.180. The van der Waals surface area contributed by atoms with E-state index in [2.05, 4.69) is 19.2 Å². The molecule has 1 rings (SSSR count). The van der Waals surface area contributed by atoms with Crippen LogP contribution in [-0.4, -0.2) is 40.6 Å². The summed E-state index contributed by atoms with van der Waals surface area (Å²) in [5, 5.41) is 12.5. The first kappa shape index (κ1) is 17.8. The minimum Gasteiger partial charge on any atom is -0.479 e. The molecule has 0 aromatic rings. The molecule has 21 heavy (non-hydrogen) atoms. The number of carboxylic acid groups (broad SMARTS) is 1. The van der Waals surface area contributed by atoms with Crippen LogP contribution in [0.3, 0.4) is 0 Å². The number of amides is 2. The second-order valence-electron chi connectivity index (χ2n) is 6.46. The van der Waals surface area contributed by atoms with E-state index in [0.29, 0.717) is 31.8 Å². The summed E-state index contributed by atoms with van der Waals surface area (Å²) in [4.78, 5) is 25.5. The minimum atomic E-state index is -0.989. The van der Waals surface area contributed by atoms with Gasteiger partial charge in [0.1, 0.15) is 5.54 Å². The normalized spacial score (nSPS) is 21.8. The smallest absolute Gasteiger partial charge is 0.329 e. The van der Waals surface area contributed by atoms with E-state index in [1.54, 1.807) is 4.90 Å². The molecule has 1 fully saturated rings. The third-order valence-electron chi connectivity index (χ3n) is 4.28. The SMILES string of the molecule is CCCC1(C(=O)O)CCCN1C(=O)NCCCCC(C)C. The van der Waals surface area contributed by atoms with Crippen molar-refractivity contribution in [2.24, 2.45) is 5.92 Å². The molecule has 122 valence electrons. The third-order valence-corrected chi connectivity index (χ3v) is 4.28. The second kappa shape index (κ2) is 8.25. The first-order valence-corrected chi connectivity index (χ1v) is 8.23. The fraction of sp³-hybridized carbons (Fsp3) is 0.875. The monoisotopic (exact) mass is 298 g/mol. The molecular formula is C16H30N2O3. The Morgan fingerprint density at radius 1 is 1.33 bits per heavy atom. The van der Waals surface area contributed by atoms with Crippen LogP contribution in [0.4, 0.5) is 4.79 Å². The van der Waals surface area contributed by atoms with Crippen molar-refractivity contribution < 1.29 is 14.7 Å². The van der Waals surface area contributed by atoms with Gasteiger partial charge < -0.3 is 15.3 Å². The standard InChI is InChI=1S/C16H30N2O3/c1-4-9-16(14(19)20)10-7-12-18(16)15(21)17-11-6-5-8-13(2)3/h13H,4-12H2,1-3H3,(H,17,21)(H,19,20). The first-order valence-electron chi connectivity index (χ1n) is 8.23. The number of carbonyl (C=O) groups is 2. The van der Waals surface area contributed by atoms with Gasteiger partial charge in [0.15, 0.2) is 0 Å². The van der Waals surface area contributed by atoms with Crippen molar-refractivity contribution in [3.8, 4) is 0 Å². The van der Waals surface area contributed by atoms with Crippen LogP contribution < -0.4 is 5.32 Å². The van der Waals surface area contributed by atoms with Crippen LogP contribution in [0, 0.1) is 5.92 Å². The molecule has 5 heteroatoms. The maximum absolute atomic E-state index is 12.3. The van der Waals surface area contributed by atoms with Crippen molar-refractivity contribution in [2.75, 3.05) is 13.1 Å². The number of aliphatic carboxylic acids is 1. The summed E-state index contributed by atoms with van der Waals surface area (Å²) in [7, 11) is 0. The predicted molar refractivity (Wildman–Crippen MR) is 83.3 cm³/mol. The molecule has 0 radical (unpaired) electrons. The average molecular weight is 298 g/mol. The fourth-order valence-electron chi connectivity index (χ4n) is 3.15. The van der Waals surface area contributed by atoms with E-state index >= 15 is 0 Å². The van der Waals surface area contributed by atoms with Crippen molar-refractivity contribution in [3.05, 3.63) is 0 Å². The highest BCUT2D eigenvalue weighted by Gasteiger charge is 2.49. The van der Waals surface area contributed by atoms with E-state index in [1.807, 2.05) is 6.92 Å². The molecule has 5 nitrogen and oxygen atoms in total. The molecule has 1 saturated heterocycles. The number of hydrogen-bond donors (Lipinski definition) is 2. The van der Waals surface area contributed by atoms with Crippen molar-refractivity contribution >= 4 is 12.0 Å². The number of nitrogens with one attached hydrogen (secondary N) is 1. The molecule has 0 spiro atoms. The Balaban J connectivity index is 2.50. The Kier molecular flexibility index (Phi) is 6.99. The topological polar surface area (TPSA) is 69.6 Å². The maximum Gasteiger partial charge on any atom is 0.329 e. The van der Waals surface area contributed by atoms with Crippen LogP contribution in [0.1, 0.15) is 65.7 Å². The summed E-state index contributed by atoms with van der Waals surface area (Å²) in [6.07, 6.45) is 5.84. The molecule has 0 aromatic carbocycles. The van der Waals surface area contributed by atoms with Gasteiger partial charge in [-0.25, -0.2) is 9.59 Å². The van der Waals surface area contributed by atoms with Crippen LogP contribution in [0.15, 0.2) is 0 Å². The summed E-state index contributed by atoms with van der Waals surface area (Å²) < 4.78 is 0. The number of urea groups is 1. The third kappa shape index (κ3) is 4.61. The number of nitrogens with zero attached hydrogens (tertiary/aromatic N) is 1. The Labute approximate surface area is 128 Å². The van der Waals surface area contributed by atoms with E-state index in [4.69, 9.17) is 0 Å². The zero-order valence-corrected chi connectivity index (χ0v) is 13.7. The predicted octanol–water partition coefficient (Wildman–Crippen LogP) is 3.24. The molecule has 1 aliphatic rings. The van der Waals surface area contributed by atoms with Gasteiger partial charge in [-0.2, -0.15) is 0 Å². The molecule has 0 saturated carbocycles. The zero-order valence-electron chi connectivity index (χ0n) is 13.7. The second-order valence-corrected chi connectivity index (χ2v) is 6.46. The number of likely N-dealkylation sites (tertiary alicyclic amines) is 1. The van der Waals surface area contributed by atoms with Gasteiger partial charge in [0.25, 0.3) is 0 Å². The number of carboxylic acids is 1. The lowest BCUT2D eigenvalue weighted by Crippen LogP contribution is -2.56. The van der Waals surface area contributed by atoms with Crippen molar-refractivity contribution in [1.82, 2.24) is 10.2 Å². The van der Waals surface area contributed by atoms with Gasteiger partial charge in [-0.1, -0.05) is 40.0 Å². The number of rotatable bonds is 8. The van der Waals surface area contributed by atoms with E-state index in [0.717, 1.165) is 32.1 Å². The van der Waals surface area contributed by atoms with Gasteiger partial charge in [0, 0.05) is 13.1 Å². The van der Waals surface area contributed by atoms with Crippen molar-refractivity contribution in [3.63, 3.8) is 0 Å². The van der Waals surface area contributed by atoms with Gasteiger partial charge in [-0.05, 0) is 31.6 Å². The Bertz CT molecular complexity index is 357. The van der Waals surface area contributed by atoms with Gasteiger partial charge in [0.05, 0.1) is 0 Å². The van der Waals surface area contributed by atoms with Crippen LogP contribution in [0.2, 0.25) is 0 Å². The van der Waals surface area contributed by atoms with Gasteiger partial charge in [0.2, 0.25) is 0 Å². The molecule has 0 bridgehead atoms. The number of hydrogen-bond acceptors (Lipinski definition) is 2. The van der Waals surface area contributed by atoms with E-state index in [-0.39, 0.29) is 6.03 Å². The van der Waals surface area contributed by atoms with Crippen molar-refractivity contribution in [2.45, 2.75) is 71.3 Å². The van der Waals surface area contributed by atoms with Crippen molar-refractivity contribution in [1.29, 1.82) is 0 Å². The molecule has 2 amide bonds. The van der Waals surface area contributed by atoms with Crippen LogP contribution >= 0.6 is 0 Å². The molecule has 2 N–H and O–H groups in total. The zero-order chi connectivity index (χ0) is 15.9. The Morgan fingerprint density at radius 3 is 2.62 bits per heavy atom. The summed E-state index contributed by atoms with van der Waals surface area (Å²) in [5.41, 5.74) is -0.989. The largest absolute Gasteiger partial charge is 0.479 e. The average Bonchev–Trinajstić information content (AvgIpc) is 2.83. The van der Waals surface area contributed by atoms with Gasteiger partial charge >= 0.3 is 12.0 Å². The fourth-order valence-corrected chi connectivity index (χ4v) is 3.15. The molecule has 1 heterocycles. The summed E-state index contributed by atoms with van der Waals surface area (Å²) in [6, 6.07) is -0.215. The molecule has 0 aromatic heterocycles. The van der Waals surface area contributed by atoms with Crippen LogP contribution in [0.25, 0.3) is 0 Å². The molecule has 1 unspecified atom stereocenters. The maximum atomic E-state index is 12.3. The first-order chi connectivity index (χ1) is 9.94.